The Labute approximate surface area is 105 Å². The lowest BCUT2D eigenvalue weighted by Crippen LogP contribution is -2.38. The SMILES string of the molecule is CCc1nsc(N2CCCN(C(N)=O)CC2)n1. The second kappa shape index (κ2) is 5.31. The first-order valence-corrected chi connectivity index (χ1v) is 6.60. The first-order valence-electron chi connectivity index (χ1n) is 5.82. The quantitative estimate of drug-likeness (QED) is 0.843. The van der Waals surface area contributed by atoms with Gasteiger partial charge in [-0.1, -0.05) is 6.92 Å². The van der Waals surface area contributed by atoms with Crippen LogP contribution >= 0.6 is 11.5 Å². The number of nitrogens with zero attached hydrogens (tertiary/aromatic N) is 4. The zero-order valence-corrected chi connectivity index (χ0v) is 10.7. The molecule has 2 N–H and O–H groups in total. The molecular weight excluding hydrogens is 238 g/mol. The van der Waals surface area contributed by atoms with Crippen molar-refractivity contribution in [2.75, 3.05) is 31.1 Å². The fourth-order valence-electron chi connectivity index (χ4n) is 1.85. The van der Waals surface area contributed by atoms with E-state index in [9.17, 15) is 4.79 Å². The number of primary amides is 1. The molecule has 7 heteroatoms. The minimum absolute atomic E-state index is 0.335. The predicted molar refractivity (Wildman–Crippen MR) is 67.3 cm³/mol. The van der Waals surface area contributed by atoms with Gasteiger partial charge in [0.15, 0.2) is 0 Å². The summed E-state index contributed by atoms with van der Waals surface area (Å²) in [5.41, 5.74) is 5.29. The number of rotatable bonds is 2. The number of nitrogens with two attached hydrogens (primary N) is 1. The average Bonchev–Trinajstić information content (AvgIpc) is 2.65. The lowest BCUT2D eigenvalue weighted by molar-refractivity contribution is 0.211. The number of hydrogen-bond acceptors (Lipinski definition) is 5. The second-order valence-corrected chi connectivity index (χ2v) is 4.74. The number of carbonyl (C=O) groups excluding carboxylic acids is 1. The predicted octanol–water partition coefficient (Wildman–Crippen LogP) is 0.691. The highest BCUT2D eigenvalue weighted by molar-refractivity contribution is 7.09. The van der Waals surface area contributed by atoms with E-state index in [-0.39, 0.29) is 6.03 Å². The smallest absolute Gasteiger partial charge is 0.314 e. The van der Waals surface area contributed by atoms with Crippen molar-refractivity contribution >= 4 is 22.7 Å². The van der Waals surface area contributed by atoms with Crippen LogP contribution in [0.3, 0.4) is 0 Å². The van der Waals surface area contributed by atoms with Gasteiger partial charge in [-0.3, -0.25) is 0 Å². The van der Waals surface area contributed by atoms with Crippen molar-refractivity contribution < 1.29 is 4.79 Å². The van der Waals surface area contributed by atoms with E-state index in [2.05, 4.69) is 14.3 Å². The standard InChI is InChI=1S/C10H17N5OS/c1-2-8-12-10(17-13-8)15-5-3-4-14(6-7-15)9(11)16/h2-7H2,1H3,(H2,11,16). The maximum absolute atomic E-state index is 11.1. The molecule has 0 saturated carbocycles. The molecule has 1 fully saturated rings. The van der Waals surface area contributed by atoms with Crippen LogP contribution in [-0.2, 0) is 6.42 Å². The average molecular weight is 255 g/mol. The summed E-state index contributed by atoms with van der Waals surface area (Å²) in [5.74, 6) is 0.890. The summed E-state index contributed by atoms with van der Waals surface area (Å²) >= 11 is 1.43. The van der Waals surface area contributed by atoms with E-state index in [1.165, 1.54) is 11.5 Å². The van der Waals surface area contributed by atoms with Crippen LogP contribution in [-0.4, -0.2) is 46.5 Å². The van der Waals surface area contributed by atoms with E-state index >= 15 is 0 Å². The summed E-state index contributed by atoms with van der Waals surface area (Å²) in [6.07, 6.45) is 1.78. The van der Waals surface area contributed by atoms with Crippen molar-refractivity contribution in [2.45, 2.75) is 19.8 Å². The Kier molecular flexibility index (Phi) is 3.78. The minimum atomic E-state index is -0.335. The molecule has 1 aromatic heterocycles. The molecule has 0 spiro atoms. The van der Waals surface area contributed by atoms with Gasteiger partial charge in [-0.2, -0.15) is 4.37 Å². The lowest BCUT2D eigenvalue weighted by Gasteiger charge is -2.19. The number of amides is 2. The van der Waals surface area contributed by atoms with Gasteiger partial charge in [0.25, 0.3) is 0 Å². The van der Waals surface area contributed by atoms with Crippen LogP contribution in [0.1, 0.15) is 19.2 Å². The normalized spacial score (nSPS) is 17.0. The van der Waals surface area contributed by atoms with Crippen LogP contribution in [0.4, 0.5) is 9.93 Å². The molecule has 2 heterocycles. The Morgan fingerprint density at radius 3 is 2.88 bits per heavy atom. The zero-order chi connectivity index (χ0) is 12.3. The molecule has 1 aliphatic heterocycles. The number of aromatic nitrogens is 2. The van der Waals surface area contributed by atoms with Crippen molar-refractivity contribution in [3.05, 3.63) is 5.82 Å². The molecule has 0 radical (unpaired) electrons. The molecule has 1 aliphatic rings. The van der Waals surface area contributed by atoms with Crippen LogP contribution in [0.5, 0.6) is 0 Å². The van der Waals surface area contributed by atoms with Crippen LogP contribution in [0.15, 0.2) is 0 Å². The molecule has 2 amide bonds. The fraction of sp³-hybridized carbons (Fsp3) is 0.700. The molecule has 0 atom stereocenters. The summed E-state index contributed by atoms with van der Waals surface area (Å²) in [4.78, 5) is 19.4. The third kappa shape index (κ3) is 2.85. The van der Waals surface area contributed by atoms with Crippen molar-refractivity contribution in [1.29, 1.82) is 0 Å². The first kappa shape index (κ1) is 12.1. The van der Waals surface area contributed by atoms with Gasteiger partial charge >= 0.3 is 6.03 Å². The van der Waals surface area contributed by atoms with Gasteiger partial charge in [0.2, 0.25) is 5.13 Å². The zero-order valence-electron chi connectivity index (χ0n) is 9.93. The van der Waals surface area contributed by atoms with Crippen LogP contribution in [0.2, 0.25) is 0 Å². The summed E-state index contributed by atoms with van der Waals surface area (Å²) < 4.78 is 4.28. The first-order chi connectivity index (χ1) is 8.20. The summed E-state index contributed by atoms with van der Waals surface area (Å²) in [5, 5.41) is 0.952. The third-order valence-electron chi connectivity index (χ3n) is 2.85. The Balaban J connectivity index is 2.01. The highest BCUT2D eigenvalue weighted by Crippen LogP contribution is 2.19. The van der Waals surface area contributed by atoms with Gasteiger partial charge < -0.3 is 15.5 Å². The molecule has 0 aliphatic carbocycles. The fourth-order valence-corrected chi connectivity index (χ4v) is 2.65. The van der Waals surface area contributed by atoms with E-state index < -0.39 is 0 Å². The third-order valence-corrected chi connectivity index (χ3v) is 3.67. The Hall–Kier alpha value is -1.37. The van der Waals surface area contributed by atoms with Crippen LogP contribution in [0.25, 0.3) is 0 Å². The lowest BCUT2D eigenvalue weighted by atomic mass is 10.4. The monoisotopic (exact) mass is 255 g/mol. The molecule has 17 heavy (non-hydrogen) atoms. The van der Waals surface area contributed by atoms with E-state index in [0.717, 1.165) is 43.4 Å². The molecule has 1 saturated heterocycles. The van der Waals surface area contributed by atoms with Crippen LogP contribution < -0.4 is 10.6 Å². The Morgan fingerprint density at radius 2 is 2.24 bits per heavy atom. The summed E-state index contributed by atoms with van der Waals surface area (Å²) in [6.45, 7) is 5.12. The van der Waals surface area contributed by atoms with Gasteiger partial charge in [-0.15, -0.1) is 0 Å². The van der Waals surface area contributed by atoms with Gasteiger partial charge in [0.1, 0.15) is 5.82 Å². The topological polar surface area (TPSA) is 75.3 Å². The van der Waals surface area contributed by atoms with Gasteiger partial charge in [0, 0.05) is 44.1 Å². The molecule has 0 aromatic carbocycles. The minimum Gasteiger partial charge on any atom is -0.351 e. The van der Waals surface area contributed by atoms with Crippen molar-refractivity contribution in [1.82, 2.24) is 14.3 Å². The number of urea groups is 1. The number of anilines is 1. The second-order valence-electron chi connectivity index (χ2n) is 4.01. The molecule has 0 bridgehead atoms. The highest BCUT2D eigenvalue weighted by atomic mass is 32.1. The van der Waals surface area contributed by atoms with E-state index in [1.807, 2.05) is 6.92 Å². The van der Waals surface area contributed by atoms with E-state index in [4.69, 9.17) is 5.73 Å². The van der Waals surface area contributed by atoms with Gasteiger partial charge in [-0.25, -0.2) is 9.78 Å². The molecular formula is C10H17N5OS. The Bertz CT molecular complexity index is 394. The molecule has 94 valence electrons. The summed E-state index contributed by atoms with van der Waals surface area (Å²) in [6, 6.07) is -0.335. The number of hydrogen-bond donors (Lipinski definition) is 1. The van der Waals surface area contributed by atoms with Gasteiger partial charge in [-0.05, 0) is 6.42 Å². The summed E-state index contributed by atoms with van der Waals surface area (Å²) in [7, 11) is 0. The highest BCUT2D eigenvalue weighted by Gasteiger charge is 2.19. The Morgan fingerprint density at radius 1 is 1.41 bits per heavy atom. The van der Waals surface area contributed by atoms with Crippen molar-refractivity contribution in [2.24, 2.45) is 5.73 Å². The molecule has 6 nitrogen and oxygen atoms in total. The maximum atomic E-state index is 11.1. The van der Waals surface area contributed by atoms with Gasteiger partial charge in [0.05, 0.1) is 0 Å². The van der Waals surface area contributed by atoms with Crippen LogP contribution in [0, 0.1) is 0 Å². The molecule has 1 aromatic rings. The molecule has 0 unspecified atom stereocenters. The maximum Gasteiger partial charge on any atom is 0.314 e. The van der Waals surface area contributed by atoms with Crippen molar-refractivity contribution in [3.8, 4) is 0 Å². The number of aryl methyl sites for hydroxylation is 1. The largest absolute Gasteiger partial charge is 0.351 e. The van der Waals surface area contributed by atoms with E-state index in [0.29, 0.717) is 6.54 Å². The molecule has 2 rings (SSSR count). The van der Waals surface area contributed by atoms with Crippen molar-refractivity contribution in [3.63, 3.8) is 0 Å². The van der Waals surface area contributed by atoms with E-state index in [1.54, 1.807) is 4.90 Å². The number of carbonyl (C=O) groups is 1.